The lowest BCUT2D eigenvalue weighted by atomic mass is 9.98. The maximum absolute atomic E-state index is 12.3. The number of hydrogen-bond donors (Lipinski definition) is 1. The number of aryl methyl sites for hydroxylation is 1. The Morgan fingerprint density at radius 1 is 1.36 bits per heavy atom. The summed E-state index contributed by atoms with van der Waals surface area (Å²) in [4.78, 5) is 29.2. The third kappa shape index (κ3) is 4.20. The highest BCUT2D eigenvalue weighted by Crippen LogP contribution is 2.28. The molecule has 6 nitrogen and oxygen atoms in total. The van der Waals surface area contributed by atoms with Gasteiger partial charge in [-0.1, -0.05) is 23.7 Å². The lowest BCUT2D eigenvalue weighted by molar-refractivity contribution is -0.145. The van der Waals surface area contributed by atoms with Crippen LogP contribution < -0.4 is 0 Å². The Kier molecular flexibility index (Phi) is 5.38. The molecule has 1 aromatic carbocycles. The third-order valence-corrected chi connectivity index (χ3v) is 4.70. The molecule has 1 fully saturated rings. The third-order valence-electron chi connectivity index (χ3n) is 4.37. The highest BCUT2D eigenvalue weighted by Gasteiger charge is 2.28. The van der Waals surface area contributed by atoms with E-state index < -0.39 is 11.9 Å². The Labute approximate surface area is 150 Å². The van der Waals surface area contributed by atoms with Gasteiger partial charge < -0.3 is 14.4 Å². The zero-order valence-electron chi connectivity index (χ0n) is 13.7. The SMILES string of the molecule is O=C(O)C1CCCN(C(=O)CCc2ncc(-c3ccccc3Cl)o2)C1. The number of nitrogens with zero attached hydrogens (tertiary/aromatic N) is 2. The molecule has 0 bridgehead atoms. The van der Waals surface area contributed by atoms with Crippen LogP contribution in [-0.2, 0) is 16.0 Å². The molecule has 1 saturated heterocycles. The number of amides is 1. The quantitative estimate of drug-likeness (QED) is 0.882. The number of carboxylic acids is 1. The van der Waals surface area contributed by atoms with E-state index in [9.17, 15) is 9.59 Å². The van der Waals surface area contributed by atoms with Gasteiger partial charge in [0.25, 0.3) is 0 Å². The maximum Gasteiger partial charge on any atom is 0.308 e. The lowest BCUT2D eigenvalue weighted by Crippen LogP contribution is -2.42. The van der Waals surface area contributed by atoms with Gasteiger partial charge >= 0.3 is 5.97 Å². The first kappa shape index (κ1) is 17.5. The standard InChI is InChI=1S/C18H19ClN2O4/c19-14-6-2-1-5-13(14)15-10-20-16(25-15)7-8-17(22)21-9-3-4-12(11-21)18(23)24/h1-2,5-6,10,12H,3-4,7-9,11H2,(H,23,24). The summed E-state index contributed by atoms with van der Waals surface area (Å²) >= 11 is 6.14. The molecule has 7 heteroatoms. The first-order valence-corrected chi connectivity index (χ1v) is 8.62. The van der Waals surface area contributed by atoms with Crippen LogP contribution in [0.5, 0.6) is 0 Å². The fourth-order valence-electron chi connectivity index (χ4n) is 2.99. The predicted molar refractivity (Wildman–Crippen MR) is 92.2 cm³/mol. The molecule has 1 unspecified atom stereocenters. The average Bonchev–Trinajstić information content (AvgIpc) is 3.09. The minimum atomic E-state index is -0.838. The zero-order valence-corrected chi connectivity index (χ0v) is 14.4. The van der Waals surface area contributed by atoms with E-state index in [1.54, 1.807) is 17.2 Å². The van der Waals surface area contributed by atoms with Crippen LogP contribution in [-0.4, -0.2) is 40.0 Å². The van der Waals surface area contributed by atoms with Crippen LogP contribution in [0.3, 0.4) is 0 Å². The second-order valence-electron chi connectivity index (χ2n) is 6.12. The highest BCUT2D eigenvalue weighted by atomic mass is 35.5. The van der Waals surface area contributed by atoms with Crippen molar-refractivity contribution >= 4 is 23.5 Å². The topological polar surface area (TPSA) is 83.6 Å². The molecule has 1 aliphatic rings. The molecule has 1 N–H and O–H groups in total. The van der Waals surface area contributed by atoms with Gasteiger partial charge in [0.2, 0.25) is 5.91 Å². The number of aliphatic carboxylic acids is 1. The normalized spacial score (nSPS) is 17.5. The summed E-state index contributed by atoms with van der Waals surface area (Å²) in [5.74, 6) is -0.337. The van der Waals surface area contributed by atoms with Gasteiger partial charge in [-0.2, -0.15) is 0 Å². The summed E-state index contributed by atoms with van der Waals surface area (Å²) < 4.78 is 5.69. The van der Waals surface area contributed by atoms with E-state index in [0.717, 1.165) is 12.0 Å². The van der Waals surface area contributed by atoms with E-state index in [0.29, 0.717) is 36.1 Å². The average molecular weight is 363 g/mol. The Balaban J connectivity index is 1.58. The van der Waals surface area contributed by atoms with Gasteiger partial charge in [-0.05, 0) is 25.0 Å². The molecule has 2 aromatic rings. The summed E-state index contributed by atoms with van der Waals surface area (Å²) in [5, 5.41) is 9.68. The molecule has 1 aromatic heterocycles. The molecular weight excluding hydrogens is 344 g/mol. The Hall–Kier alpha value is -2.34. The van der Waals surface area contributed by atoms with Gasteiger partial charge in [-0.15, -0.1) is 0 Å². The molecule has 0 spiro atoms. The molecule has 1 amide bonds. The fourth-order valence-corrected chi connectivity index (χ4v) is 3.22. The summed E-state index contributed by atoms with van der Waals surface area (Å²) in [6, 6.07) is 7.32. The molecule has 25 heavy (non-hydrogen) atoms. The maximum atomic E-state index is 12.3. The molecule has 132 valence electrons. The number of oxazole rings is 1. The van der Waals surface area contributed by atoms with Crippen molar-refractivity contribution in [2.24, 2.45) is 5.92 Å². The molecule has 1 aliphatic heterocycles. The van der Waals surface area contributed by atoms with Crippen LogP contribution in [0.4, 0.5) is 0 Å². The molecule has 0 radical (unpaired) electrons. The van der Waals surface area contributed by atoms with Crippen LogP contribution >= 0.6 is 11.6 Å². The van der Waals surface area contributed by atoms with E-state index in [1.807, 2.05) is 18.2 Å². The largest absolute Gasteiger partial charge is 0.481 e. The van der Waals surface area contributed by atoms with Crippen molar-refractivity contribution < 1.29 is 19.1 Å². The molecule has 0 saturated carbocycles. The Morgan fingerprint density at radius 3 is 2.92 bits per heavy atom. The van der Waals surface area contributed by atoms with Crippen LogP contribution in [0.1, 0.15) is 25.2 Å². The van der Waals surface area contributed by atoms with Crippen LogP contribution in [0.25, 0.3) is 11.3 Å². The molecule has 1 atom stereocenters. The summed E-state index contributed by atoms with van der Waals surface area (Å²) in [5.41, 5.74) is 0.759. The molecule has 0 aliphatic carbocycles. The van der Waals surface area contributed by atoms with Gasteiger partial charge in [-0.3, -0.25) is 9.59 Å². The molecule has 2 heterocycles. The van der Waals surface area contributed by atoms with Crippen molar-refractivity contribution in [3.63, 3.8) is 0 Å². The first-order valence-electron chi connectivity index (χ1n) is 8.25. The number of hydrogen-bond acceptors (Lipinski definition) is 4. The van der Waals surface area contributed by atoms with Gasteiger partial charge in [-0.25, -0.2) is 4.98 Å². The van der Waals surface area contributed by atoms with Gasteiger partial charge in [0.05, 0.1) is 17.1 Å². The van der Waals surface area contributed by atoms with Gasteiger partial charge in [0, 0.05) is 31.5 Å². The second-order valence-corrected chi connectivity index (χ2v) is 6.52. The fraction of sp³-hybridized carbons (Fsp3) is 0.389. The zero-order chi connectivity index (χ0) is 17.8. The van der Waals surface area contributed by atoms with Crippen molar-refractivity contribution in [3.05, 3.63) is 41.4 Å². The van der Waals surface area contributed by atoms with Crippen LogP contribution in [0.15, 0.2) is 34.9 Å². The lowest BCUT2D eigenvalue weighted by Gasteiger charge is -2.30. The number of carbonyl (C=O) groups is 2. The number of likely N-dealkylation sites (tertiary alicyclic amines) is 1. The van der Waals surface area contributed by atoms with Crippen molar-refractivity contribution in [3.8, 4) is 11.3 Å². The number of piperidine rings is 1. The van der Waals surface area contributed by atoms with E-state index >= 15 is 0 Å². The van der Waals surface area contributed by atoms with Crippen molar-refractivity contribution in [1.82, 2.24) is 9.88 Å². The van der Waals surface area contributed by atoms with E-state index in [-0.39, 0.29) is 18.9 Å². The number of aromatic nitrogens is 1. The number of benzene rings is 1. The smallest absolute Gasteiger partial charge is 0.308 e. The number of carboxylic acid groups (broad SMARTS) is 1. The summed E-state index contributed by atoms with van der Waals surface area (Å²) in [6.07, 6.45) is 3.56. The minimum absolute atomic E-state index is 0.0663. The van der Waals surface area contributed by atoms with E-state index in [2.05, 4.69) is 4.98 Å². The van der Waals surface area contributed by atoms with Crippen molar-refractivity contribution in [2.75, 3.05) is 13.1 Å². The van der Waals surface area contributed by atoms with Crippen molar-refractivity contribution in [2.45, 2.75) is 25.7 Å². The number of carbonyl (C=O) groups excluding carboxylic acids is 1. The van der Waals surface area contributed by atoms with E-state index in [1.165, 1.54) is 0 Å². The summed E-state index contributed by atoms with van der Waals surface area (Å²) in [6.45, 7) is 0.893. The molecule has 3 rings (SSSR count). The number of halogens is 1. The van der Waals surface area contributed by atoms with Gasteiger partial charge in [0.1, 0.15) is 0 Å². The summed E-state index contributed by atoms with van der Waals surface area (Å²) in [7, 11) is 0. The number of rotatable bonds is 5. The van der Waals surface area contributed by atoms with Gasteiger partial charge in [0.15, 0.2) is 11.7 Å². The monoisotopic (exact) mass is 362 g/mol. The Bertz CT molecular complexity index is 774. The minimum Gasteiger partial charge on any atom is -0.481 e. The Morgan fingerprint density at radius 2 is 2.16 bits per heavy atom. The highest BCUT2D eigenvalue weighted by molar-refractivity contribution is 6.33. The predicted octanol–water partition coefficient (Wildman–Crippen LogP) is 3.25. The molecular formula is C18H19ClN2O4. The van der Waals surface area contributed by atoms with Crippen LogP contribution in [0.2, 0.25) is 5.02 Å². The van der Waals surface area contributed by atoms with E-state index in [4.69, 9.17) is 21.1 Å². The first-order chi connectivity index (χ1) is 12.0. The van der Waals surface area contributed by atoms with Crippen LogP contribution in [0, 0.1) is 5.92 Å². The van der Waals surface area contributed by atoms with Crippen molar-refractivity contribution in [1.29, 1.82) is 0 Å². The second kappa shape index (κ2) is 7.70.